The molecule has 0 aliphatic heterocycles. The molecule has 1 aromatic carbocycles. The minimum absolute atomic E-state index is 0.303. The third kappa shape index (κ3) is 2.69. The lowest BCUT2D eigenvalue weighted by Gasteiger charge is -2.10. The van der Waals surface area contributed by atoms with Crippen molar-refractivity contribution < 1.29 is 0 Å². The lowest BCUT2D eigenvalue weighted by Crippen LogP contribution is -2.19. The molecule has 0 unspecified atom stereocenters. The zero-order valence-electron chi connectivity index (χ0n) is 8.78. The summed E-state index contributed by atoms with van der Waals surface area (Å²) in [6, 6.07) is 9.51. The molecule has 74 valence electrons. The van der Waals surface area contributed by atoms with Crippen LogP contribution in [0.25, 0.3) is 0 Å². The van der Waals surface area contributed by atoms with Gasteiger partial charge in [-0.25, -0.2) is 4.99 Å². The Hall–Kier alpha value is -1.64. The summed E-state index contributed by atoms with van der Waals surface area (Å²) in [7, 11) is 3.83. The molecule has 1 N–H and O–H groups in total. The van der Waals surface area contributed by atoms with Crippen molar-refractivity contribution in [3.8, 4) is 0 Å². The number of rotatable bonds is 1. The van der Waals surface area contributed by atoms with Gasteiger partial charge in [-0.3, -0.25) is 5.41 Å². The number of nitrogens with zero attached hydrogens (tertiary/aromatic N) is 2. The Labute approximate surface area is 84.6 Å². The first-order chi connectivity index (χ1) is 6.61. The highest BCUT2D eigenvalue weighted by Gasteiger charge is 1.99. The first-order valence-electron chi connectivity index (χ1n) is 4.48. The Balaban J connectivity index is 2.83. The van der Waals surface area contributed by atoms with Crippen molar-refractivity contribution in [1.29, 1.82) is 5.41 Å². The minimum atomic E-state index is 0.303. The van der Waals surface area contributed by atoms with Gasteiger partial charge in [0, 0.05) is 19.7 Å². The van der Waals surface area contributed by atoms with Gasteiger partial charge in [-0.15, -0.1) is 0 Å². The van der Waals surface area contributed by atoms with E-state index in [4.69, 9.17) is 5.41 Å². The van der Waals surface area contributed by atoms with E-state index >= 15 is 0 Å². The van der Waals surface area contributed by atoms with Crippen molar-refractivity contribution in [3.05, 3.63) is 35.9 Å². The molecule has 0 spiro atoms. The Kier molecular flexibility index (Phi) is 3.40. The fraction of sp³-hybridized carbons (Fsp3) is 0.273. The smallest absolute Gasteiger partial charge is 0.153 e. The molecule has 0 aliphatic rings. The summed E-state index contributed by atoms with van der Waals surface area (Å²) in [6.07, 6.45) is 0. The van der Waals surface area contributed by atoms with E-state index in [9.17, 15) is 0 Å². The standard InChI is InChI=1S/C11H15N3/c1-9(14(2)3)13-11(12)10-7-5-4-6-8-10/h4-8,12H,1-3H3. The summed E-state index contributed by atoms with van der Waals surface area (Å²) in [5.74, 6) is 1.13. The van der Waals surface area contributed by atoms with Gasteiger partial charge in [-0.05, 0) is 6.92 Å². The maximum atomic E-state index is 7.74. The second-order valence-electron chi connectivity index (χ2n) is 3.27. The van der Waals surface area contributed by atoms with E-state index in [-0.39, 0.29) is 0 Å². The molecular formula is C11H15N3. The van der Waals surface area contributed by atoms with Crippen molar-refractivity contribution in [2.75, 3.05) is 14.1 Å². The van der Waals surface area contributed by atoms with Crippen LogP contribution < -0.4 is 0 Å². The Morgan fingerprint density at radius 1 is 1.21 bits per heavy atom. The molecule has 0 radical (unpaired) electrons. The molecule has 0 amide bonds. The average Bonchev–Trinajstić information content (AvgIpc) is 2.19. The van der Waals surface area contributed by atoms with Gasteiger partial charge in [0.15, 0.2) is 5.84 Å². The Morgan fingerprint density at radius 2 is 1.79 bits per heavy atom. The quantitative estimate of drug-likeness (QED) is 0.532. The lowest BCUT2D eigenvalue weighted by molar-refractivity contribution is 0.619. The van der Waals surface area contributed by atoms with Crippen LogP contribution in [-0.2, 0) is 0 Å². The van der Waals surface area contributed by atoms with Crippen LogP contribution in [0.3, 0.4) is 0 Å². The first kappa shape index (κ1) is 10.4. The second-order valence-corrected chi connectivity index (χ2v) is 3.27. The van der Waals surface area contributed by atoms with Crippen molar-refractivity contribution in [2.45, 2.75) is 6.92 Å². The molecule has 0 atom stereocenters. The number of amidine groups is 2. The maximum Gasteiger partial charge on any atom is 0.153 e. The van der Waals surface area contributed by atoms with Crippen LogP contribution in [0.4, 0.5) is 0 Å². The molecule has 14 heavy (non-hydrogen) atoms. The van der Waals surface area contributed by atoms with Crippen molar-refractivity contribution in [2.24, 2.45) is 4.99 Å². The molecule has 1 rings (SSSR count). The van der Waals surface area contributed by atoms with E-state index in [1.54, 1.807) is 0 Å². The second kappa shape index (κ2) is 4.56. The van der Waals surface area contributed by atoms with Crippen molar-refractivity contribution in [1.82, 2.24) is 4.90 Å². The molecule has 0 heterocycles. The number of hydrogen-bond donors (Lipinski definition) is 1. The minimum Gasteiger partial charge on any atom is -0.366 e. The number of nitrogens with one attached hydrogen (secondary N) is 1. The van der Waals surface area contributed by atoms with Crippen LogP contribution >= 0.6 is 0 Å². The summed E-state index contributed by atoms with van der Waals surface area (Å²) < 4.78 is 0. The first-order valence-corrected chi connectivity index (χ1v) is 4.48. The molecular weight excluding hydrogens is 174 g/mol. The molecule has 1 aromatic rings. The van der Waals surface area contributed by atoms with E-state index in [0.29, 0.717) is 5.84 Å². The normalized spacial score (nSPS) is 11.2. The lowest BCUT2D eigenvalue weighted by atomic mass is 10.2. The molecule has 0 saturated heterocycles. The SMILES string of the molecule is CC(=NC(=N)c1ccccc1)N(C)C. The van der Waals surface area contributed by atoms with E-state index in [1.807, 2.05) is 56.3 Å². The van der Waals surface area contributed by atoms with Gasteiger partial charge >= 0.3 is 0 Å². The zero-order chi connectivity index (χ0) is 10.6. The number of hydrogen-bond acceptors (Lipinski definition) is 1. The summed E-state index contributed by atoms with van der Waals surface area (Å²) in [5.41, 5.74) is 0.841. The summed E-state index contributed by atoms with van der Waals surface area (Å²) >= 11 is 0. The summed E-state index contributed by atoms with van der Waals surface area (Å²) in [5, 5.41) is 7.74. The Morgan fingerprint density at radius 3 is 2.29 bits per heavy atom. The monoisotopic (exact) mass is 189 g/mol. The topological polar surface area (TPSA) is 39.5 Å². The van der Waals surface area contributed by atoms with Gasteiger partial charge < -0.3 is 4.90 Å². The van der Waals surface area contributed by atoms with E-state index in [2.05, 4.69) is 4.99 Å². The van der Waals surface area contributed by atoms with Gasteiger partial charge in [-0.2, -0.15) is 0 Å². The van der Waals surface area contributed by atoms with Crippen LogP contribution in [-0.4, -0.2) is 30.7 Å². The van der Waals surface area contributed by atoms with Crippen LogP contribution in [0.1, 0.15) is 12.5 Å². The summed E-state index contributed by atoms with van der Waals surface area (Å²) in [6.45, 7) is 1.89. The van der Waals surface area contributed by atoms with Gasteiger partial charge in [0.1, 0.15) is 5.84 Å². The predicted molar refractivity (Wildman–Crippen MR) is 60.1 cm³/mol. The number of aliphatic imine (C=N–C) groups is 1. The van der Waals surface area contributed by atoms with Crippen LogP contribution in [0.2, 0.25) is 0 Å². The van der Waals surface area contributed by atoms with Gasteiger partial charge in [0.05, 0.1) is 0 Å². The highest BCUT2D eigenvalue weighted by atomic mass is 15.1. The van der Waals surface area contributed by atoms with E-state index in [1.165, 1.54) is 0 Å². The predicted octanol–water partition coefficient (Wildman–Crippen LogP) is 1.99. The van der Waals surface area contributed by atoms with Crippen molar-refractivity contribution in [3.63, 3.8) is 0 Å². The van der Waals surface area contributed by atoms with Crippen LogP contribution in [0.5, 0.6) is 0 Å². The molecule has 0 saturated carbocycles. The van der Waals surface area contributed by atoms with Crippen LogP contribution in [0.15, 0.2) is 35.3 Å². The molecule has 0 fully saturated rings. The average molecular weight is 189 g/mol. The fourth-order valence-corrected chi connectivity index (χ4v) is 0.922. The molecule has 0 aromatic heterocycles. The third-order valence-electron chi connectivity index (χ3n) is 1.97. The molecule has 3 nitrogen and oxygen atoms in total. The van der Waals surface area contributed by atoms with Gasteiger partial charge in [0.25, 0.3) is 0 Å². The Bertz CT molecular complexity index is 339. The van der Waals surface area contributed by atoms with Crippen LogP contribution in [0, 0.1) is 5.41 Å². The largest absolute Gasteiger partial charge is 0.366 e. The van der Waals surface area contributed by atoms with Crippen molar-refractivity contribution >= 4 is 11.7 Å². The molecule has 0 aliphatic carbocycles. The van der Waals surface area contributed by atoms with Gasteiger partial charge in [0.2, 0.25) is 0 Å². The summed E-state index contributed by atoms with van der Waals surface area (Å²) in [4.78, 5) is 6.06. The zero-order valence-corrected chi connectivity index (χ0v) is 8.78. The fourth-order valence-electron chi connectivity index (χ4n) is 0.922. The molecule has 3 heteroatoms. The number of benzene rings is 1. The highest BCUT2D eigenvalue weighted by molar-refractivity contribution is 6.04. The van der Waals surface area contributed by atoms with Gasteiger partial charge in [-0.1, -0.05) is 30.3 Å². The highest BCUT2D eigenvalue weighted by Crippen LogP contribution is 2.01. The molecule has 0 bridgehead atoms. The maximum absolute atomic E-state index is 7.74. The third-order valence-corrected chi connectivity index (χ3v) is 1.97. The van der Waals surface area contributed by atoms with E-state index < -0.39 is 0 Å². The van der Waals surface area contributed by atoms with E-state index in [0.717, 1.165) is 11.4 Å².